The summed E-state index contributed by atoms with van der Waals surface area (Å²) in [6.07, 6.45) is 5.25. The van der Waals surface area contributed by atoms with Gasteiger partial charge in [-0.25, -0.2) is 5.43 Å². The van der Waals surface area contributed by atoms with Crippen LogP contribution in [-0.2, 0) is 7.05 Å². The molecule has 0 bridgehead atoms. The quantitative estimate of drug-likeness (QED) is 0.407. The van der Waals surface area contributed by atoms with E-state index >= 15 is 0 Å². The summed E-state index contributed by atoms with van der Waals surface area (Å²) >= 11 is 2.07. The van der Waals surface area contributed by atoms with Crippen LogP contribution in [-0.4, -0.2) is 26.9 Å². The Balaban J connectivity index is 1.75. The molecule has 0 aliphatic carbocycles. The zero-order chi connectivity index (χ0) is 14.8. The van der Waals surface area contributed by atoms with Crippen LogP contribution in [0.4, 0.5) is 0 Å². The number of aryl methyl sites for hydroxylation is 1. The number of aromatic amines is 1. The van der Waals surface area contributed by atoms with Crippen molar-refractivity contribution in [3.8, 4) is 0 Å². The van der Waals surface area contributed by atoms with Crippen LogP contribution in [0.15, 0.2) is 41.8 Å². The summed E-state index contributed by atoms with van der Waals surface area (Å²) in [7, 11) is 1.77. The fraction of sp³-hybridized carbons (Fsp3) is 0.0714. The largest absolute Gasteiger partial charge is 0.361 e. The van der Waals surface area contributed by atoms with E-state index in [0.717, 1.165) is 20.0 Å². The van der Waals surface area contributed by atoms with Gasteiger partial charge >= 0.3 is 0 Å². The molecule has 106 valence electrons. The number of amides is 1. The molecule has 0 radical (unpaired) electrons. The number of halogens is 1. The lowest BCUT2D eigenvalue weighted by Crippen LogP contribution is -2.19. The number of aromatic nitrogens is 3. The van der Waals surface area contributed by atoms with Crippen molar-refractivity contribution in [3.63, 3.8) is 0 Å². The molecule has 0 spiro atoms. The number of benzene rings is 1. The van der Waals surface area contributed by atoms with Gasteiger partial charge in [-0.15, -0.1) is 0 Å². The van der Waals surface area contributed by atoms with Crippen LogP contribution >= 0.6 is 22.6 Å². The van der Waals surface area contributed by atoms with Gasteiger partial charge in [0, 0.05) is 35.9 Å². The molecule has 0 saturated heterocycles. The van der Waals surface area contributed by atoms with Crippen molar-refractivity contribution in [2.24, 2.45) is 12.1 Å². The molecule has 0 atom stereocenters. The topological polar surface area (TPSA) is 75.1 Å². The molecule has 0 aliphatic rings. The molecule has 0 saturated carbocycles. The van der Waals surface area contributed by atoms with Crippen LogP contribution in [0, 0.1) is 3.57 Å². The van der Waals surface area contributed by atoms with Gasteiger partial charge in [0.2, 0.25) is 0 Å². The van der Waals surface area contributed by atoms with Crippen molar-refractivity contribution < 1.29 is 4.79 Å². The molecular formula is C14H12IN5O. The maximum absolute atomic E-state index is 12.0. The summed E-state index contributed by atoms with van der Waals surface area (Å²) in [5.74, 6) is -0.323. The molecule has 2 heterocycles. The predicted octanol–water partition coefficient (Wildman–Crippen LogP) is 2.27. The Hall–Kier alpha value is -2.16. The number of fused-ring (bicyclic) bond motifs is 1. The lowest BCUT2D eigenvalue weighted by atomic mass is 10.2. The third-order valence-corrected chi connectivity index (χ3v) is 3.78. The highest BCUT2D eigenvalue weighted by molar-refractivity contribution is 14.1. The Bertz CT molecular complexity index is 833. The van der Waals surface area contributed by atoms with Crippen LogP contribution in [0.1, 0.15) is 16.1 Å². The third-order valence-electron chi connectivity index (χ3n) is 2.99. The van der Waals surface area contributed by atoms with Gasteiger partial charge < -0.3 is 4.98 Å². The first-order valence-corrected chi connectivity index (χ1v) is 7.31. The van der Waals surface area contributed by atoms with Crippen molar-refractivity contribution in [2.45, 2.75) is 0 Å². The lowest BCUT2D eigenvalue weighted by Gasteiger charge is -1.96. The Kier molecular flexibility index (Phi) is 3.74. The van der Waals surface area contributed by atoms with Crippen LogP contribution in [0.5, 0.6) is 0 Å². The normalized spacial score (nSPS) is 11.3. The third kappa shape index (κ3) is 2.82. The molecule has 3 rings (SSSR count). The molecule has 0 fully saturated rings. The molecule has 3 aromatic rings. The highest BCUT2D eigenvalue weighted by Crippen LogP contribution is 2.15. The van der Waals surface area contributed by atoms with Crippen molar-refractivity contribution in [1.82, 2.24) is 20.2 Å². The fourth-order valence-corrected chi connectivity index (χ4v) is 2.78. The minimum atomic E-state index is -0.323. The Morgan fingerprint density at radius 3 is 3.05 bits per heavy atom. The summed E-state index contributed by atoms with van der Waals surface area (Å²) < 4.78 is 2.38. The number of nitrogens with one attached hydrogen (secondary N) is 2. The molecule has 2 aromatic heterocycles. The zero-order valence-electron chi connectivity index (χ0n) is 11.2. The van der Waals surface area contributed by atoms with E-state index in [4.69, 9.17) is 0 Å². The van der Waals surface area contributed by atoms with Crippen molar-refractivity contribution in [2.75, 3.05) is 0 Å². The van der Waals surface area contributed by atoms with Gasteiger partial charge in [-0.05, 0) is 28.7 Å². The van der Waals surface area contributed by atoms with Gasteiger partial charge in [-0.1, -0.05) is 18.2 Å². The smallest absolute Gasteiger partial charge is 0.292 e. The molecule has 1 amide bonds. The lowest BCUT2D eigenvalue weighted by molar-refractivity contribution is 0.0948. The first-order chi connectivity index (χ1) is 10.1. The molecule has 7 heteroatoms. The number of carbonyl (C=O) groups excluding carboxylic acids is 1. The average Bonchev–Trinajstić information content (AvgIpc) is 3.02. The molecule has 6 nitrogen and oxygen atoms in total. The molecule has 2 N–H and O–H groups in total. The second-order valence-electron chi connectivity index (χ2n) is 4.49. The number of hydrazone groups is 1. The number of rotatable bonds is 3. The maximum Gasteiger partial charge on any atom is 0.292 e. The number of H-pyrrole nitrogens is 1. The van der Waals surface area contributed by atoms with Gasteiger partial charge in [-0.3, -0.25) is 9.48 Å². The van der Waals surface area contributed by atoms with E-state index in [1.807, 2.05) is 30.5 Å². The molecule has 0 aliphatic heterocycles. The first kappa shape index (κ1) is 13.8. The van der Waals surface area contributed by atoms with Crippen LogP contribution in [0.25, 0.3) is 10.9 Å². The molecule has 1 aromatic carbocycles. The van der Waals surface area contributed by atoms with Crippen molar-refractivity contribution in [3.05, 3.63) is 51.5 Å². The highest BCUT2D eigenvalue weighted by atomic mass is 127. The van der Waals surface area contributed by atoms with Gasteiger partial charge in [0.1, 0.15) is 0 Å². The maximum atomic E-state index is 12.0. The second-order valence-corrected chi connectivity index (χ2v) is 5.65. The minimum Gasteiger partial charge on any atom is -0.361 e. The number of carbonyl (C=O) groups is 1. The van der Waals surface area contributed by atoms with Gasteiger partial charge in [-0.2, -0.15) is 10.2 Å². The number of hydrogen-bond donors (Lipinski definition) is 2. The van der Waals surface area contributed by atoms with Crippen LogP contribution in [0.2, 0.25) is 0 Å². The van der Waals surface area contributed by atoms with Crippen molar-refractivity contribution in [1.29, 1.82) is 0 Å². The summed E-state index contributed by atoms with van der Waals surface area (Å²) in [5, 5.41) is 9.14. The predicted molar refractivity (Wildman–Crippen MR) is 89.3 cm³/mol. The Morgan fingerprint density at radius 2 is 2.29 bits per heavy atom. The Morgan fingerprint density at radius 1 is 1.48 bits per heavy atom. The van der Waals surface area contributed by atoms with Crippen LogP contribution < -0.4 is 5.43 Å². The van der Waals surface area contributed by atoms with E-state index in [-0.39, 0.29) is 5.91 Å². The van der Waals surface area contributed by atoms with E-state index in [0.29, 0.717) is 5.69 Å². The molecule has 0 unspecified atom stereocenters. The molecular weight excluding hydrogens is 381 g/mol. The van der Waals surface area contributed by atoms with E-state index in [1.165, 1.54) is 0 Å². The molecule has 21 heavy (non-hydrogen) atoms. The summed E-state index contributed by atoms with van der Waals surface area (Å²) in [5.41, 5.74) is 4.81. The second kappa shape index (κ2) is 5.68. The standard InChI is InChI=1S/C14H12IN5O/c1-20-8-11(15)13(19-20)14(21)18-17-7-9-6-16-12-5-3-2-4-10(9)12/h2-8,16H,1H3,(H,18,21)/b17-7+. The number of para-hydroxylation sites is 1. The van der Waals surface area contributed by atoms with Crippen molar-refractivity contribution >= 4 is 45.6 Å². The fourth-order valence-electron chi connectivity index (χ4n) is 2.03. The monoisotopic (exact) mass is 393 g/mol. The Labute approximate surface area is 134 Å². The zero-order valence-corrected chi connectivity index (χ0v) is 13.3. The SMILES string of the molecule is Cn1cc(I)c(C(=O)N/N=C/c2c[nH]c3ccccc23)n1. The average molecular weight is 393 g/mol. The van der Waals surface area contributed by atoms with E-state index < -0.39 is 0 Å². The van der Waals surface area contributed by atoms with Crippen LogP contribution in [0.3, 0.4) is 0 Å². The number of hydrogen-bond acceptors (Lipinski definition) is 3. The summed E-state index contributed by atoms with van der Waals surface area (Å²) in [4.78, 5) is 15.1. The highest BCUT2D eigenvalue weighted by Gasteiger charge is 2.13. The van der Waals surface area contributed by atoms with E-state index in [9.17, 15) is 4.79 Å². The summed E-state index contributed by atoms with van der Waals surface area (Å²) in [6.45, 7) is 0. The first-order valence-electron chi connectivity index (χ1n) is 6.24. The number of nitrogens with zero attached hydrogens (tertiary/aromatic N) is 3. The van der Waals surface area contributed by atoms with Gasteiger partial charge in [0.05, 0.1) is 9.78 Å². The minimum absolute atomic E-state index is 0.323. The van der Waals surface area contributed by atoms with Gasteiger partial charge in [0.25, 0.3) is 5.91 Å². The van der Waals surface area contributed by atoms with E-state index in [2.05, 4.69) is 43.2 Å². The summed E-state index contributed by atoms with van der Waals surface area (Å²) in [6, 6.07) is 7.91. The van der Waals surface area contributed by atoms with E-state index in [1.54, 1.807) is 24.1 Å². The van der Waals surface area contributed by atoms with Gasteiger partial charge in [0.15, 0.2) is 5.69 Å².